The number of methoxy groups -OCH3 is 1. The molecule has 2 aromatic rings. The van der Waals surface area contributed by atoms with E-state index < -0.39 is 74.5 Å². The number of fused-ring (bicyclic) bond motifs is 2. The number of carbonyl (C=O) groups is 6. The van der Waals surface area contributed by atoms with E-state index in [0.29, 0.717) is 36.8 Å². The fourth-order valence-corrected chi connectivity index (χ4v) is 11.0. The second-order valence-electron chi connectivity index (χ2n) is 15.8. The van der Waals surface area contributed by atoms with Gasteiger partial charge in [-0.05, 0) is 67.8 Å². The van der Waals surface area contributed by atoms with Gasteiger partial charge in [0.25, 0.3) is 5.91 Å². The molecule has 3 aliphatic heterocycles. The highest BCUT2D eigenvalue weighted by molar-refractivity contribution is 8.00. The first-order valence-electron chi connectivity index (χ1n) is 20.0. The summed E-state index contributed by atoms with van der Waals surface area (Å²) in [4.78, 5) is 85.6. The van der Waals surface area contributed by atoms with E-state index in [-0.39, 0.29) is 61.6 Å². The zero-order valence-electron chi connectivity index (χ0n) is 33.1. The van der Waals surface area contributed by atoms with Gasteiger partial charge in [-0.3, -0.25) is 28.7 Å². The number of likely N-dealkylation sites (tertiary alicyclic amines) is 1. The van der Waals surface area contributed by atoms with Gasteiger partial charge in [-0.15, -0.1) is 6.58 Å². The SMILES string of the molecule is C=CC(=O)NC[C@H](NC(=O)CCCC[C@H]1SC[C@H]2NC(=O)N[C@H]21)C(=O)N1C[C@H](Oc2nccc3cc(OC)ccc23)C[C@H]1C(=O)N[C@]1(C(=O)NS(=O)(=O)C2CC2)CC1C=C. The van der Waals surface area contributed by atoms with E-state index in [0.717, 1.165) is 23.6 Å². The molecule has 20 heteroatoms. The Hall–Kier alpha value is -5.37. The quantitative estimate of drug-likeness (QED) is 0.0497. The molecule has 2 saturated carbocycles. The van der Waals surface area contributed by atoms with Gasteiger partial charge in [0.15, 0.2) is 0 Å². The van der Waals surface area contributed by atoms with Gasteiger partial charge < -0.3 is 41.0 Å². The van der Waals surface area contributed by atoms with Crippen molar-refractivity contribution in [3.8, 4) is 11.6 Å². The van der Waals surface area contributed by atoms with E-state index in [9.17, 15) is 37.2 Å². The Morgan fingerprint density at radius 1 is 1.13 bits per heavy atom. The van der Waals surface area contributed by atoms with Gasteiger partial charge in [0, 0.05) is 47.9 Å². The Balaban J connectivity index is 1.08. The van der Waals surface area contributed by atoms with Crippen LogP contribution in [0.25, 0.3) is 10.8 Å². The normalized spacial score (nSPS) is 27.1. The van der Waals surface area contributed by atoms with Crippen LogP contribution in [0.15, 0.2) is 55.8 Å². The van der Waals surface area contributed by atoms with E-state index in [1.54, 1.807) is 43.3 Å². The standard InChI is InChI=1S/C40H50N8O10S2/c1-4-23-18-40(23,38(53)47-60(55,56)26-11-12-26)46-35(51)30-17-25(58-36-27-13-10-24(57-3)16-22(27)14-15-41-36)20-48(30)37(52)28(19-42-32(49)5-2)43-33(50)9-7-6-8-31-34-29(21-59-31)44-39(54)45-34/h4-5,10,13-16,23,25-26,28-31,34H,1-2,6-9,11-12,17-21H2,3H3,(H,42,49)(H,43,50)(H,46,51)(H,47,53)(H2,44,45,54)/t23?,25-,28+,29-,30+,31-,34-,40-/m1/s1. The Bertz CT molecular complexity index is 2190. The van der Waals surface area contributed by atoms with Crippen molar-refractivity contribution in [3.63, 3.8) is 0 Å². The van der Waals surface area contributed by atoms with Crippen molar-refractivity contribution in [2.45, 2.75) is 97.7 Å². The van der Waals surface area contributed by atoms with Gasteiger partial charge in [0.05, 0.1) is 31.0 Å². The minimum absolute atomic E-state index is 0.0349. The van der Waals surface area contributed by atoms with Crippen LogP contribution in [0, 0.1) is 5.92 Å². The Labute approximate surface area is 351 Å². The zero-order chi connectivity index (χ0) is 42.8. The molecule has 7 rings (SSSR count). The molecule has 0 spiro atoms. The van der Waals surface area contributed by atoms with E-state index >= 15 is 0 Å². The van der Waals surface area contributed by atoms with E-state index in [4.69, 9.17) is 9.47 Å². The molecule has 60 heavy (non-hydrogen) atoms. The highest BCUT2D eigenvalue weighted by atomic mass is 32.2. The van der Waals surface area contributed by atoms with Crippen LogP contribution in [0.2, 0.25) is 0 Å². The predicted octanol–water partition coefficient (Wildman–Crippen LogP) is 0.774. The van der Waals surface area contributed by atoms with Crippen molar-refractivity contribution in [1.82, 2.24) is 41.2 Å². The van der Waals surface area contributed by atoms with Crippen LogP contribution in [-0.2, 0) is 34.0 Å². The molecule has 5 fully saturated rings. The fourth-order valence-electron chi connectivity index (χ4n) is 8.12. The summed E-state index contributed by atoms with van der Waals surface area (Å²) in [5, 5.41) is 14.9. The maximum absolute atomic E-state index is 14.6. The lowest BCUT2D eigenvalue weighted by Gasteiger charge is -2.30. The monoisotopic (exact) mass is 866 g/mol. The van der Waals surface area contributed by atoms with Crippen LogP contribution < -0.4 is 40.8 Å². The third-order valence-corrected chi connectivity index (χ3v) is 15.0. The summed E-state index contributed by atoms with van der Waals surface area (Å²) in [7, 11) is -2.40. The minimum Gasteiger partial charge on any atom is -0.497 e. The summed E-state index contributed by atoms with van der Waals surface area (Å²) in [6.07, 6.45) is 6.20. The summed E-state index contributed by atoms with van der Waals surface area (Å²) >= 11 is 1.77. The highest BCUT2D eigenvalue weighted by Crippen LogP contribution is 2.45. The maximum Gasteiger partial charge on any atom is 0.315 e. The lowest BCUT2D eigenvalue weighted by molar-refractivity contribution is -0.142. The number of amides is 7. The number of aromatic nitrogens is 1. The van der Waals surface area contributed by atoms with Gasteiger partial charge in [-0.25, -0.2) is 18.2 Å². The number of nitrogens with one attached hydrogen (secondary N) is 6. The topological polar surface area (TPSA) is 243 Å². The molecule has 1 aromatic heterocycles. The van der Waals surface area contributed by atoms with Gasteiger partial charge in [-0.2, -0.15) is 11.8 Å². The van der Waals surface area contributed by atoms with E-state index in [1.165, 1.54) is 11.0 Å². The molecule has 18 nitrogen and oxygen atoms in total. The number of rotatable bonds is 19. The molecule has 1 aromatic carbocycles. The zero-order valence-corrected chi connectivity index (χ0v) is 34.8. The van der Waals surface area contributed by atoms with Crippen LogP contribution in [0.5, 0.6) is 11.6 Å². The molecule has 7 amide bonds. The number of hydrogen-bond acceptors (Lipinski definition) is 12. The second-order valence-corrected chi connectivity index (χ2v) is 19.0. The fraction of sp³-hybridized carbons (Fsp3) is 0.525. The molecule has 322 valence electrons. The maximum atomic E-state index is 14.6. The number of sulfonamides is 1. The van der Waals surface area contributed by atoms with Crippen molar-refractivity contribution in [3.05, 3.63) is 55.8 Å². The number of benzene rings is 1. The summed E-state index contributed by atoms with van der Waals surface area (Å²) in [6.45, 7) is 6.76. The Morgan fingerprint density at radius 3 is 2.65 bits per heavy atom. The summed E-state index contributed by atoms with van der Waals surface area (Å²) in [5.74, 6) is -2.26. The molecular weight excluding hydrogens is 817 g/mol. The minimum atomic E-state index is -3.95. The number of urea groups is 1. The Kier molecular flexibility index (Phi) is 12.6. The van der Waals surface area contributed by atoms with Crippen LogP contribution in [0.3, 0.4) is 0 Å². The van der Waals surface area contributed by atoms with Crippen molar-refractivity contribution >= 4 is 68.1 Å². The molecule has 2 aliphatic carbocycles. The molecule has 6 N–H and O–H groups in total. The number of unbranched alkanes of at least 4 members (excludes halogenated alkanes) is 1. The second kappa shape index (κ2) is 17.7. The van der Waals surface area contributed by atoms with Crippen molar-refractivity contribution in [2.24, 2.45) is 5.92 Å². The largest absolute Gasteiger partial charge is 0.497 e. The highest BCUT2D eigenvalue weighted by Gasteiger charge is 2.62. The van der Waals surface area contributed by atoms with Gasteiger partial charge in [0.1, 0.15) is 29.5 Å². The lowest BCUT2D eigenvalue weighted by atomic mass is 10.0. The molecule has 3 saturated heterocycles. The van der Waals surface area contributed by atoms with E-state index in [1.807, 2.05) is 6.07 Å². The first kappa shape index (κ1) is 42.7. The summed E-state index contributed by atoms with van der Waals surface area (Å²) in [5.41, 5.74) is -1.62. The van der Waals surface area contributed by atoms with Gasteiger partial charge >= 0.3 is 6.03 Å². The molecule has 1 unspecified atom stereocenters. The lowest BCUT2D eigenvalue weighted by Crippen LogP contribution is -2.59. The number of nitrogens with zero attached hydrogens (tertiary/aromatic N) is 2. The van der Waals surface area contributed by atoms with Crippen molar-refractivity contribution in [1.29, 1.82) is 0 Å². The van der Waals surface area contributed by atoms with Crippen molar-refractivity contribution < 1.29 is 46.7 Å². The Morgan fingerprint density at radius 2 is 1.93 bits per heavy atom. The van der Waals surface area contributed by atoms with E-state index in [2.05, 4.69) is 49.4 Å². The number of carbonyl (C=O) groups excluding carboxylic acids is 6. The number of thioether (sulfide) groups is 1. The van der Waals surface area contributed by atoms with Crippen LogP contribution in [-0.4, -0.2) is 126 Å². The molecule has 5 aliphatic rings. The van der Waals surface area contributed by atoms with Gasteiger partial charge in [0.2, 0.25) is 39.5 Å². The molecule has 0 radical (unpaired) electrons. The summed E-state index contributed by atoms with van der Waals surface area (Å²) < 4.78 is 39.4. The molecule has 4 heterocycles. The number of hydrogen-bond donors (Lipinski definition) is 6. The number of pyridine rings is 1. The molecular formula is C40H50N8O10S2. The van der Waals surface area contributed by atoms with Crippen LogP contribution in [0.1, 0.15) is 51.4 Å². The smallest absolute Gasteiger partial charge is 0.315 e. The average molecular weight is 867 g/mol. The van der Waals surface area contributed by atoms with Crippen molar-refractivity contribution in [2.75, 3.05) is 26.0 Å². The molecule has 8 atom stereocenters. The van der Waals surface area contributed by atoms with Crippen LogP contribution in [0.4, 0.5) is 4.79 Å². The first-order chi connectivity index (χ1) is 28.7. The third-order valence-electron chi connectivity index (χ3n) is 11.7. The van der Waals surface area contributed by atoms with Crippen LogP contribution >= 0.6 is 11.8 Å². The average Bonchev–Trinajstić information content (AvgIpc) is 4.10. The number of ether oxygens (including phenoxy) is 2. The molecule has 0 bridgehead atoms. The van der Waals surface area contributed by atoms with Gasteiger partial charge in [-0.1, -0.05) is 19.1 Å². The first-order valence-corrected chi connectivity index (χ1v) is 22.6. The predicted molar refractivity (Wildman–Crippen MR) is 221 cm³/mol. The summed E-state index contributed by atoms with van der Waals surface area (Å²) in [6, 6.07) is 4.50. The third kappa shape index (κ3) is 9.33.